The molecule has 2 aromatic heterocycles. The topological polar surface area (TPSA) is 242 Å². The average Bonchev–Trinajstić information content (AvgIpc) is 3.30. The van der Waals surface area contributed by atoms with E-state index in [9.17, 15) is 32.7 Å². The number of hydrogen-bond donors (Lipinski definition) is 4. The van der Waals surface area contributed by atoms with E-state index >= 15 is 0 Å². The van der Waals surface area contributed by atoms with Crippen molar-refractivity contribution in [3.63, 3.8) is 0 Å². The molecule has 3 heterocycles. The number of anilines is 1. The summed E-state index contributed by atoms with van der Waals surface area (Å²) in [6.45, 7) is 4.73. The van der Waals surface area contributed by atoms with Gasteiger partial charge in [0.1, 0.15) is 29.6 Å². The van der Waals surface area contributed by atoms with Gasteiger partial charge in [0.25, 0.3) is 16.0 Å². The molecule has 3 amide bonds. The number of ether oxygens (including phenoxy) is 1. The SMILES string of the molecule is CC(C)(C)OC(=O)Nc1nc(C(=NOC2(C(=O)O)CC2)C(=O)N[C@@H]2C(=O)N[C@@H]2Cn2ncc(COS(C)(=O)=O)n2)cs1. The van der Waals surface area contributed by atoms with E-state index in [4.69, 9.17) is 9.57 Å². The molecule has 2 aliphatic rings. The van der Waals surface area contributed by atoms with Crippen LogP contribution in [0.3, 0.4) is 0 Å². The zero-order valence-electron chi connectivity index (χ0n) is 22.8. The van der Waals surface area contributed by atoms with E-state index in [0.29, 0.717) is 0 Å². The Morgan fingerprint density at radius 3 is 2.62 bits per heavy atom. The molecule has 0 unspecified atom stereocenters. The van der Waals surface area contributed by atoms with Crippen molar-refractivity contribution >= 4 is 56.2 Å². The molecule has 0 aromatic carbocycles. The molecule has 20 heteroatoms. The van der Waals surface area contributed by atoms with Crippen molar-refractivity contribution in [1.29, 1.82) is 0 Å². The Bertz CT molecular complexity index is 1520. The number of nitrogens with zero attached hydrogens (tertiary/aromatic N) is 5. The molecule has 0 bridgehead atoms. The lowest BCUT2D eigenvalue weighted by Crippen LogP contribution is -2.70. The van der Waals surface area contributed by atoms with Crippen molar-refractivity contribution in [2.24, 2.45) is 5.16 Å². The van der Waals surface area contributed by atoms with Crippen LogP contribution in [-0.4, -0.2) is 92.6 Å². The van der Waals surface area contributed by atoms with Gasteiger partial charge >= 0.3 is 12.1 Å². The first-order chi connectivity index (χ1) is 19.5. The molecule has 0 spiro atoms. The number of aromatic nitrogens is 4. The monoisotopic (exact) mass is 628 g/mol. The molecule has 18 nitrogen and oxygen atoms in total. The molecule has 4 rings (SSSR count). The van der Waals surface area contributed by atoms with E-state index in [1.165, 1.54) is 16.4 Å². The van der Waals surface area contributed by atoms with Gasteiger partial charge in [0.15, 0.2) is 10.8 Å². The maximum absolute atomic E-state index is 13.3. The van der Waals surface area contributed by atoms with E-state index < -0.39 is 63.0 Å². The van der Waals surface area contributed by atoms with Crippen molar-refractivity contribution < 1.29 is 46.5 Å². The minimum atomic E-state index is -3.68. The lowest BCUT2D eigenvalue weighted by atomic mass is 9.98. The molecule has 228 valence electrons. The van der Waals surface area contributed by atoms with Crippen molar-refractivity contribution in [3.8, 4) is 0 Å². The second-order valence-electron chi connectivity index (χ2n) is 10.4. The normalized spacial score (nSPS) is 19.7. The summed E-state index contributed by atoms with van der Waals surface area (Å²) >= 11 is 0.951. The molecule has 2 aromatic rings. The number of hydrogen-bond acceptors (Lipinski definition) is 14. The van der Waals surface area contributed by atoms with E-state index in [2.05, 4.69) is 40.5 Å². The minimum Gasteiger partial charge on any atom is -0.478 e. The second-order valence-corrected chi connectivity index (χ2v) is 12.9. The number of carbonyl (C=O) groups is 4. The van der Waals surface area contributed by atoms with Crippen LogP contribution in [-0.2, 0) is 51.4 Å². The highest BCUT2D eigenvalue weighted by molar-refractivity contribution is 7.85. The standard InChI is InChI=1S/C22H28N8O10S2/c1-21(2,3)39-20(35)27-19-25-13(10-41-19)15(29-40-22(5-6-22)18(33)34)17(32)26-14-12(24-16(14)31)8-30-23-7-11(28-30)9-38-42(4,36)37/h7,10,12,14H,5-6,8-9H2,1-4H3,(H,24,31)(H,26,32)(H,33,34)(H,25,27,35)/t12-,14+/m1/s1. The van der Waals surface area contributed by atoms with Gasteiger partial charge in [0.2, 0.25) is 11.5 Å². The van der Waals surface area contributed by atoms with Crippen LogP contribution >= 0.6 is 11.3 Å². The Labute approximate surface area is 242 Å². The summed E-state index contributed by atoms with van der Waals surface area (Å²) in [6.07, 6.45) is 1.78. The van der Waals surface area contributed by atoms with Crippen LogP contribution in [0.2, 0.25) is 0 Å². The number of amides is 3. The number of thiazole rings is 1. The summed E-state index contributed by atoms with van der Waals surface area (Å²) in [4.78, 5) is 59.9. The Morgan fingerprint density at radius 2 is 2.02 bits per heavy atom. The van der Waals surface area contributed by atoms with Crippen LogP contribution in [0.1, 0.15) is 45.0 Å². The number of nitrogens with one attached hydrogen (secondary N) is 3. The third-order valence-electron chi connectivity index (χ3n) is 5.64. The molecular formula is C22H28N8O10S2. The van der Waals surface area contributed by atoms with Gasteiger partial charge in [-0.25, -0.2) is 14.6 Å². The maximum Gasteiger partial charge on any atom is 0.413 e. The molecule has 4 N–H and O–H groups in total. The summed E-state index contributed by atoms with van der Waals surface area (Å²) in [6, 6.07) is -1.72. The highest BCUT2D eigenvalue weighted by Gasteiger charge is 2.55. The molecule has 1 saturated carbocycles. The second kappa shape index (κ2) is 11.6. The smallest absolute Gasteiger partial charge is 0.413 e. The first kappa shape index (κ1) is 30.8. The minimum absolute atomic E-state index is 0.0152. The number of carboxylic acids is 1. The molecule has 0 radical (unpaired) electrons. The van der Waals surface area contributed by atoms with Gasteiger partial charge < -0.3 is 25.3 Å². The number of rotatable bonds is 12. The third-order valence-corrected chi connectivity index (χ3v) is 6.94. The number of β-lactam (4-membered cyclic amide) rings is 1. The third kappa shape index (κ3) is 7.97. The molecule has 1 aliphatic carbocycles. The first-order valence-corrected chi connectivity index (χ1v) is 15.0. The van der Waals surface area contributed by atoms with E-state index in [0.717, 1.165) is 17.6 Å². The lowest BCUT2D eigenvalue weighted by molar-refractivity contribution is -0.153. The van der Waals surface area contributed by atoms with E-state index in [1.54, 1.807) is 20.8 Å². The van der Waals surface area contributed by atoms with Gasteiger partial charge in [-0.3, -0.25) is 19.1 Å². The van der Waals surface area contributed by atoms with Gasteiger partial charge in [0.05, 0.1) is 25.0 Å². The van der Waals surface area contributed by atoms with Crippen molar-refractivity contribution in [1.82, 2.24) is 30.6 Å². The van der Waals surface area contributed by atoms with Gasteiger partial charge in [0, 0.05) is 18.2 Å². The van der Waals surface area contributed by atoms with Crippen LogP contribution in [0.15, 0.2) is 16.7 Å². The highest BCUT2D eigenvalue weighted by Crippen LogP contribution is 2.40. The summed E-state index contributed by atoms with van der Waals surface area (Å²) in [5, 5.41) is 30.3. The molecule has 1 aliphatic heterocycles. The summed E-state index contributed by atoms with van der Waals surface area (Å²) in [5.74, 6) is -2.66. The fourth-order valence-electron chi connectivity index (χ4n) is 3.43. The summed E-state index contributed by atoms with van der Waals surface area (Å²) < 4.78 is 32.2. The predicted molar refractivity (Wildman–Crippen MR) is 143 cm³/mol. The number of oxime groups is 1. The first-order valence-electron chi connectivity index (χ1n) is 12.3. The fourth-order valence-corrected chi connectivity index (χ4v) is 4.44. The average molecular weight is 629 g/mol. The Morgan fingerprint density at radius 1 is 1.31 bits per heavy atom. The van der Waals surface area contributed by atoms with Gasteiger partial charge in [-0.2, -0.15) is 23.4 Å². The lowest BCUT2D eigenvalue weighted by Gasteiger charge is -2.36. The van der Waals surface area contributed by atoms with Gasteiger partial charge in [-0.05, 0) is 20.8 Å². The Hall–Kier alpha value is -4.17. The Kier molecular flexibility index (Phi) is 8.51. The van der Waals surface area contributed by atoms with Crippen molar-refractivity contribution in [3.05, 3.63) is 23.0 Å². The molecular weight excluding hydrogens is 600 g/mol. The molecule has 2 atom stereocenters. The van der Waals surface area contributed by atoms with E-state index in [1.807, 2.05) is 0 Å². The zero-order chi connectivity index (χ0) is 30.9. The van der Waals surface area contributed by atoms with Crippen molar-refractivity contribution in [2.75, 3.05) is 11.6 Å². The molecule has 1 saturated heterocycles. The van der Waals surface area contributed by atoms with Crippen LogP contribution in [0.25, 0.3) is 0 Å². The van der Waals surface area contributed by atoms with Crippen LogP contribution < -0.4 is 16.0 Å². The number of carboxylic acid groups (broad SMARTS) is 1. The highest BCUT2D eigenvalue weighted by atomic mass is 32.2. The van der Waals surface area contributed by atoms with Crippen LogP contribution in [0.4, 0.5) is 9.93 Å². The molecule has 2 fully saturated rings. The van der Waals surface area contributed by atoms with Crippen molar-refractivity contribution in [2.45, 2.75) is 70.1 Å². The van der Waals surface area contributed by atoms with E-state index in [-0.39, 0.29) is 42.5 Å². The predicted octanol–water partition coefficient (Wildman–Crippen LogP) is -0.421. The largest absolute Gasteiger partial charge is 0.478 e. The summed E-state index contributed by atoms with van der Waals surface area (Å²) in [5.41, 5.74) is -2.58. The number of aliphatic carboxylic acids is 1. The van der Waals surface area contributed by atoms with Crippen LogP contribution in [0.5, 0.6) is 0 Å². The molecule has 42 heavy (non-hydrogen) atoms. The summed E-state index contributed by atoms with van der Waals surface area (Å²) in [7, 11) is -3.68. The Balaban J connectivity index is 1.46. The fraction of sp³-hybridized carbons (Fsp3) is 0.545. The number of carbonyl (C=O) groups excluding carboxylic acids is 3. The quantitative estimate of drug-likeness (QED) is 0.101. The zero-order valence-corrected chi connectivity index (χ0v) is 24.4. The van der Waals surface area contributed by atoms with Gasteiger partial charge in [-0.1, -0.05) is 5.16 Å². The maximum atomic E-state index is 13.3. The van der Waals surface area contributed by atoms with Gasteiger partial charge in [-0.15, -0.1) is 11.3 Å². The van der Waals surface area contributed by atoms with Crippen LogP contribution in [0, 0.1) is 0 Å².